The molecule has 13 heteroatoms. The first kappa shape index (κ1) is 21.5. The topological polar surface area (TPSA) is 133 Å². The standard InChI is InChI=1S/C16H17ClN4O6S2/c1-10-8-14(15(17)28-10)29(26,27)20-6-4-19(5-7-20)12-3-2-11(16(22)18-23)9-13(12)21(24)25/h2-3,8-9,23H,4-7H2,1H3,(H,18,22). The molecule has 1 aromatic carbocycles. The van der Waals surface area contributed by atoms with Gasteiger partial charge in [-0.1, -0.05) is 11.6 Å². The molecule has 1 aliphatic rings. The van der Waals surface area contributed by atoms with Crippen LogP contribution in [0.25, 0.3) is 0 Å². The lowest BCUT2D eigenvalue weighted by atomic mass is 10.1. The van der Waals surface area contributed by atoms with Gasteiger partial charge in [0.1, 0.15) is 14.9 Å². The Labute approximate surface area is 175 Å². The minimum atomic E-state index is -3.75. The summed E-state index contributed by atoms with van der Waals surface area (Å²) < 4.78 is 27.2. The van der Waals surface area contributed by atoms with Gasteiger partial charge in [0.15, 0.2) is 0 Å². The third-order valence-corrected chi connectivity index (χ3v) is 7.95. The lowest BCUT2D eigenvalue weighted by Crippen LogP contribution is -2.48. The molecule has 2 heterocycles. The minimum absolute atomic E-state index is 0.0633. The van der Waals surface area contributed by atoms with Gasteiger partial charge >= 0.3 is 0 Å². The van der Waals surface area contributed by atoms with Gasteiger partial charge in [0.2, 0.25) is 10.0 Å². The van der Waals surface area contributed by atoms with Crippen molar-refractivity contribution in [3.05, 3.63) is 49.2 Å². The number of nitrogens with zero attached hydrogens (tertiary/aromatic N) is 3. The summed E-state index contributed by atoms with van der Waals surface area (Å²) in [5.74, 6) is -0.863. The van der Waals surface area contributed by atoms with Gasteiger partial charge in [-0.25, -0.2) is 13.9 Å². The molecule has 10 nitrogen and oxygen atoms in total. The molecule has 2 aromatic rings. The third-order valence-electron chi connectivity index (χ3n) is 4.51. The Hall–Kier alpha value is -2.25. The third kappa shape index (κ3) is 4.21. The van der Waals surface area contributed by atoms with Crippen LogP contribution in [0.3, 0.4) is 0 Å². The van der Waals surface area contributed by atoms with E-state index in [1.54, 1.807) is 11.8 Å². The maximum absolute atomic E-state index is 12.8. The fourth-order valence-electron chi connectivity index (χ4n) is 3.09. The van der Waals surface area contributed by atoms with E-state index < -0.39 is 20.9 Å². The monoisotopic (exact) mass is 460 g/mol. The molecule has 0 unspecified atom stereocenters. The Morgan fingerprint density at radius 1 is 1.28 bits per heavy atom. The number of halogens is 1. The molecule has 156 valence electrons. The van der Waals surface area contributed by atoms with Gasteiger partial charge in [0, 0.05) is 42.7 Å². The average Bonchev–Trinajstić information content (AvgIpc) is 3.05. The number of aryl methyl sites for hydroxylation is 1. The molecule has 2 N–H and O–H groups in total. The zero-order chi connectivity index (χ0) is 21.3. The van der Waals surface area contributed by atoms with Crippen molar-refractivity contribution < 1.29 is 23.3 Å². The zero-order valence-electron chi connectivity index (χ0n) is 15.2. The number of benzene rings is 1. The van der Waals surface area contributed by atoms with Gasteiger partial charge in [0.25, 0.3) is 11.6 Å². The highest BCUT2D eigenvalue weighted by Gasteiger charge is 2.33. The van der Waals surface area contributed by atoms with Crippen molar-refractivity contribution in [2.45, 2.75) is 11.8 Å². The molecule has 0 saturated carbocycles. The molecular weight excluding hydrogens is 444 g/mol. The van der Waals surface area contributed by atoms with Crippen LogP contribution in [0.15, 0.2) is 29.2 Å². The summed E-state index contributed by atoms with van der Waals surface area (Å²) in [4.78, 5) is 24.9. The number of thiophene rings is 1. The van der Waals surface area contributed by atoms with Crippen LogP contribution >= 0.6 is 22.9 Å². The van der Waals surface area contributed by atoms with Crippen molar-refractivity contribution in [1.82, 2.24) is 9.79 Å². The normalized spacial score (nSPS) is 15.3. The predicted molar refractivity (Wildman–Crippen MR) is 107 cm³/mol. The number of piperazine rings is 1. The van der Waals surface area contributed by atoms with Gasteiger partial charge in [-0.05, 0) is 25.1 Å². The van der Waals surface area contributed by atoms with Crippen LogP contribution < -0.4 is 10.4 Å². The Kier molecular flexibility index (Phi) is 6.10. The minimum Gasteiger partial charge on any atom is -0.363 e. The predicted octanol–water partition coefficient (Wildman–Crippen LogP) is 2.25. The van der Waals surface area contributed by atoms with E-state index in [0.29, 0.717) is 0 Å². The highest BCUT2D eigenvalue weighted by atomic mass is 35.5. The molecule has 1 amide bonds. The molecule has 0 atom stereocenters. The molecule has 1 fully saturated rings. The number of amides is 1. The lowest BCUT2D eigenvalue weighted by molar-refractivity contribution is -0.384. The van der Waals surface area contributed by atoms with Gasteiger partial charge in [-0.15, -0.1) is 11.3 Å². The summed E-state index contributed by atoms with van der Waals surface area (Å²) in [5, 5.41) is 20.1. The first-order valence-corrected chi connectivity index (χ1v) is 11.0. The zero-order valence-corrected chi connectivity index (χ0v) is 17.6. The maximum atomic E-state index is 12.8. The summed E-state index contributed by atoms with van der Waals surface area (Å²) in [6.07, 6.45) is 0. The van der Waals surface area contributed by atoms with E-state index in [1.165, 1.54) is 39.3 Å². The molecule has 0 radical (unpaired) electrons. The van der Waals surface area contributed by atoms with E-state index in [-0.39, 0.29) is 52.3 Å². The molecule has 1 aliphatic heterocycles. The second-order valence-corrected chi connectivity index (χ2v) is 10.1. The fourth-order valence-corrected chi connectivity index (χ4v) is 6.39. The van der Waals surface area contributed by atoms with Crippen molar-refractivity contribution in [3.8, 4) is 0 Å². The second-order valence-electron chi connectivity index (χ2n) is 6.29. The van der Waals surface area contributed by atoms with Crippen molar-refractivity contribution in [2.24, 2.45) is 0 Å². The first-order chi connectivity index (χ1) is 13.6. The molecule has 0 bridgehead atoms. The van der Waals surface area contributed by atoms with E-state index >= 15 is 0 Å². The van der Waals surface area contributed by atoms with Crippen LogP contribution in [0.1, 0.15) is 15.2 Å². The van der Waals surface area contributed by atoms with E-state index in [4.69, 9.17) is 16.8 Å². The fraction of sp³-hybridized carbons (Fsp3) is 0.312. The molecule has 1 saturated heterocycles. The van der Waals surface area contributed by atoms with Gasteiger partial charge in [-0.3, -0.25) is 20.1 Å². The second kappa shape index (κ2) is 8.24. The van der Waals surface area contributed by atoms with Crippen LogP contribution in [0.5, 0.6) is 0 Å². The summed E-state index contributed by atoms with van der Waals surface area (Å²) in [7, 11) is -3.75. The Balaban J connectivity index is 1.81. The number of hydrogen-bond donors (Lipinski definition) is 2. The smallest absolute Gasteiger partial charge is 0.293 e. The number of carbonyl (C=O) groups excluding carboxylic acids is 1. The summed E-state index contributed by atoms with van der Waals surface area (Å²) >= 11 is 7.25. The van der Waals surface area contributed by atoms with Gasteiger partial charge < -0.3 is 4.90 Å². The first-order valence-electron chi connectivity index (χ1n) is 8.39. The van der Waals surface area contributed by atoms with E-state index in [0.717, 1.165) is 10.9 Å². The number of rotatable bonds is 5. The Morgan fingerprint density at radius 2 is 1.93 bits per heavy atom. The van der Waals surface area contributed by atoms with Crippen LogP contribution in [0.4, 0.5) is 11.4 Å². The molecule has 3 rings (SSSR count). The number of nitro groups is 1. The average molecular weight is 461 g/mol. The summed E-state index contributed by atoms with van der Waals surface area (Å²) in [6, 6.07) is 5.36. The van der Waals surface area contributed by atoms with E-state index in [2.05, 4.69) is 0 Å². The van der Waals surface area contributed by atoms with E-state index in [9.17, 15) is 23.3 Å². The van der Waals surface area contributed by atoms with Crippen LogP contribution in [0.2, 0.25) is 4.34 Å². The number of sulfonamides is 1. The van der Waals surface area contributed by atoms with E-state index in [1.807, 2.05) is 0 Å². The Morgan fingerprint density at radius 3 is 2.45 bits per heavy atom. The number of hydroxylamine groups is 1. The molecule has 0 aliphatic carbocycles. The van der Waals surface area contributed by atoms with Crippen molar-refractivity contribution in [3.63, 3.8) is 0 Å². The van der Waals surface area contributed by atoms with Gasteiger partial charge in [0.05, 0.1) is 4.92 Å². The SMILES string of the molecule is Cc1cc(S(=O)(=O)N2CCN(c3ccc(C(=O)NO)cc3[N+](=O)[O-])CC2)c(Cl)s1. The van der Waals surface area contributed by atoms with Crippen LogP contribution in [0, 0.1) is 17.0 Å². The summed E-state index contributed by atoms with van der Waals surface area (Å²) in [5.41, 5.74) is 1.33. The quantitative estimate of drug-likeness (QED) is 0.397. The van der Waals surface area contributed by atoms with Crippen LogP contribution in [-0.4, -0.2) is 54.9 Å². The Bertz CT molecular complexity index is 1060. The van der Waals surface area contributed by atoms with Crippen LogP contribution in [-0.2, 0) is 10.0 Å². The number of nitrogens with one attached hydrogen (secondary N) is 1. The largest absolute Gasteiger partial charge is 0.363 e. The number of anilines is 1. The molecule has 29 heavy (non-hydrogen) atoms. The molecule has 1 aromatic heterocycles. The highest BCUT2D eigenvalue weighted by molar-refractivity contribution is 7.89. The number of hydrogen-bond acceptors (Lipinski definition) is 8. The summed E-state index contributed by atoms with van der Waals surface area (Å²) in [6.45, 7) is 2.49. The molecular formula is C16H17ClN4O6S2. The van der Waals surface area contributed by atoms with Crippen molar-refractivity contribution >= 4 is 50.2 Å². The van der Waals surface area contributed by atoms with Crippen molar-refractivity contribution in [1.29, 1.82) is 0 Å². The highest BCUT2D eigenvalue weighted by Crippen LogP contribution is 2.34. The van der Waals surface area contributed by atoms with Gasteiger partial charge in [-0.2, -0.15) is 4.31 Å². The lowest BCUT2D eigenvalue weighted by Gasteiger charge is -2.35. The van der Waals surface area contributed by atoms with Crippen molar-refractivity contribution in [2.75, 3.05) is 31.1 Å². The number of nitro benzene ring substituents is 1. The number of carbonyl (C=O) groups is 1. The molecule has 0 spiro atoms. The maximum Gasteiger partial charge on any atom is 0.293 e.